The number of ether oxygens (including phenoxy) is 1. The summed E-state index contributed by atoms with van der Waals surface area (Å²) in [5, 5.41) is 9.82. The molecule has 10 heteroatoms. The van der Waals surface area contributed by atoms with E-state index < -0.39 is 0 Å². The van der Waals surface area contributed by atoms with Crippen LogP contribution >= 0.6 is 11.3 Å². The molecule has 0 unspecified atom stereocenters. The lowest BCUT2D eigenvalue weighted by atomic mass is 10.2. The van der Waals surface area contributed by atoms with Crippen LogP contribution < -0.4 is 10.6 Å². The first-order chi connectivity index (χ1) is 14.7. The molecule has 4 rings (SSSR count). The van der Waals surface area contributed by atoms with E-state index in [9.17, 15) is 9.59 Å². The van der Waals surface area contributed by atoms with Crippen molar-refractivity contribution in [3.8, 4) is 5.69 Å². The molecule has 2 N–H and O–H groups in total. The Bertz CT molecular complexity index is 980. The number of morpholine rings is 1. The van der Waals surface area contributed by atoms with Gasteiger partial charge < -0.3 is 15.4 Å². The monoisotopic (exact) mass is 426 g/mol. The molecule has 0 aliphatic carbocycles. The Hall–Kier alpha value is -3.08. The number of anilines is 1. The summed E-state index contributed by atoms with van der Waals surface area (Å²) in [7, 11) is 0. The summed E-state index contributed by atoms with van der Waals surface area (Å²) in [6, 6.07) is 10.6. The number of nitrogens with zero attached hydrogens (tertiary/aromatic N) is 4. The second-order valence-corrected chi connectivity index (χ2v) is 7.80. The van der Waals surface area contributed by atoms with Gasteiger partial charge in [-0.05, 0) is 36.4 Å². The zero-order valence-corrected chi connectivity index (χ0v) is 17.1. The van der Waals surface area contributed by atoms with Gasteiger partial charge in [0, 0.05) is 31.9 Å². The van der Waals surface area contributed by atoms with E-state index in [0.717, 1.165) is 38.5 Å². The molecule has 1 aliphatic heterocycles. The molecule has 1 aliphatic rings. The molecule has 0 atom stereocenters. The van der Waals surface area contributed by atoms with E-state index in [1.165, 1.54) is 17.7 Å². The second kappa shape index (κ2) is 9.61. The number of hydrogen-bond donors (Lipinski definition) is 2. The fraction of sp³-hybridized carbons (Fsp3) is 0.300. The maximum Gasteiger partial charge on any atom is 0.265 e. The molecule has 3 heterocycles. The normalized spacial score (nSPS) is 14.4. The van der Waals surface area contributed by atoms with Gasteiger partial charge in [-0.25, -0.2) is 9.67 Å². The Morgan fingerprint density at radius 2 is 1.77 bits per heavy atom. The Morgan fingerprint density at radius 3 is 2.47 bits per heavy atom. The lowest BCUT2D eigenvalue weighted by Gasteiger charge is -2.26. The fourth-order valence-electron chi connectivity index (χ4n) is 3.05. The van der Waals surface area contributed by atoms with Crippen LogP contribution in [0.5, 0.6) is 0 Å². The van der Waals surface area contributed by atoms with Gasteiger partial charge in [0.1, 0.15) is 12.7 Å². The van der Waals surface area contributed by atoms with Crippen molar-refractivity contribution >= 4 is 28.8 Å². The molecular formula is C20H22N6O3S. The standard InChI is InChI=1S/C20H22N6O3S/c27-19(22-7-8-25-9-11-29-12-10-25)17-5-6-18(30-17)20(28)24-15-1-3-16(4-2-15)26-14-21-13-23-26/h1-6,13-14H,7-12H2,(H,22,27)(H,24,28). The summed E-state index contributed by atoms with van der Waals surface area (Å²) < 4.78 is 6.95. The number of nitrogens with one attached hydrogen (secondary N) is 2. The lowest BCUT2D eigenvalue weighted by molar-refractivity contribution is 0.0383. The Labute approximate surface area is 177 Å². The van der Waals surface area contributed by atoms with Crippen molar-refractivity contribution in [1.82, 2.24) is 25.0 Å². The minimum absolute atomic E-state index is 0.163. The first-order valence-electron chi connectivity index (χ1n) is 9.63. The SMILES string of the molecule is O=C(NCCN1CCOCC1)c1ccc(C(=O)Nc2ccc(-n3cncn3)cc2)s1. The van der Waals surface area contributed by atoms with Crippen LogP contribution in [0.3, 0.4) is 0 Å². The van der Waals surface area contributed by atoms with Crippen molar-refractivity contribution in [2.24, 2.45) is 0 Å². The number of rotatable bonds is 7. The average Bonchev–Trinajstić information content (AvgIpc) is 3.48. The number of aromatic nitrogens is 3. The summed E-state index contributed by atoms with van der Waals surface area (Å²) in [6.45, 7) is 4.60. The van der Waals surface area contributed by atoms with Crippen molar-refractivity contribution in [3.63, 3.8) is 0 Å². The highest BCUT2D eigenvalue weighted by atomic mass is 32.1. The molecule has 9 nitrogen and oxygen atoms in total. The van der Waals surface area contributed by atoms with E-state index in [2.05, 4.69) is 25.6 Å². The number of thiophene rings is 1. The van der Waals surface area contributed by atoms with Crippen LogP contribution in [-0.4, -0.2) is 70.9 Å². The van der Waals surface area contributed by atoms with Gasteiger partial charge in [-0.1, -0.05) is 0 Å². The quantitative estimate of drug-likeness (QED) is 0.596. The molecule has 2 aromatic heterocycles. The molecule has 0 radical (unpaired) electrons. The van der Waals surface area contributed by atoms with Gasteiger partial charge in [0.15, 0.2) is 0 Å². The van der Waals surface area contributed by atoms with E-state index in [1.54, 1.807) is 35.3 Å². The van der Waals surface area contributed by atoms with Gasteiger partial charge in [0.25, 0.3) is 11.8 Å². The average molecular weight is 427 g/mol. The molecule has 2 amide bonds. The minimum atomic E-state index is -0.249. The van der Waals surface area contributed by atoms with Gasteiger partial charge in [0.05, 0.1) is 28.7 Å². The number of carbonyl (C=O) groups is 2. The molecule has 1 fully saturated rings. The zero-order chi connectivity index (χ0) is 20.8. The molecule has 0 saturated carbocycles. The van der Waals surface area contributed by atoms with Gasteiger partial charge in [-0.2, -0.15) is 5.10 Å². The predicted molar refractivity (Wildman–Crippen MR) is 113 cm³/mol. The Balaban J connectivity index is 1.28. The highest BCUT2D eigenvalue weighted by molar-refractivity contribution is 7.16. The third-order valence-corrected chi connectivity index (χ3v) is 5.76. The number of carbonyl (C=O) groups excluding carboxylic acids is 2. The first kappa shape index (κ1) is 20.2. The maximum absolute atomic E-state index is 12.5. The Morgan fingerprint density at radius 1 is 1.03 bits per heavy atom. The first-order valence-corrected chi connectivity index (χ1v) is 10.5. The van der Waals surface area contributed by atoms with Crippen LogP contribution in [0.25, 0.3) is 5.69 Å². The van der Waals surface area contributed by atoms with Crippen LogP contribution in [0.1, 0.15) is 19.3 Å². The van der Waals surface area contributed by atoms with E-state index in [1.807, 2.05) is 12.1 Å². The molecular weight excluding hydrogens is 404 g/mol. The van der Waals surface area contributed by atoms with Crippen LogP contribution in [0.4, 0.5) is 5.69 Å². The smallest absolute Gasteiger partial charge is 0.265 e. The lowest BCUT2D eigenvalue weighted by Crippen LogP contribution is -2.41. The van der Waals surface area contributed by atoms with E-state index in [4.69, 9.17) is 4.74 Å². The van der Waals surface area contributed by atoms with E-state index in [-0.39, 0.29) is 11.8 Å². The fourth-order valence-corrected chi connectivity index (χ4v) is 3.87. The molecule has 1 saturated heterocycles. The highest BCUT2D eigenvalue weighted by Gasteiger charge is 2.15. The molecule has 156 valence electrons. The van der Waals surface area contributed by atoms with Crippen molar-refractivity contribution in [1.29, 1.82) is 0 Å². The Kier molecular flexibility index (Phi) is 6.47. The van der Waals surface area contributed by atoms with Crippen molar-refractivity contribution in [3.05, 3.63) is 58.8 Å². The van der Waals surface area contributed by atoms with Crippen LogP contribution in [0, 0.1) is 0 Å². The van der Waals surface area contributed by atoms with Crippen molar-refractivity contribution < 1.29 is 14.3 Å². The topological polar surface area (TPSA) is 101 Å². The summed E-state index contributed by atoms with van der Waals surface area (Å²) in [6.07, 6.45) is 3.07. The van der Waals surface area contributed by atoms with E-state index in [0.29, 0.717) is 22.0 Å². The summed E-state index contributed by atoms with van der Waals surface area (Å²) in [5.74, 6) is -0.412. The summed E-state index contributed by atoms with van der Waals surface area (Å²) in [4.78, 5) is 32.0. The van der Waals surface area contributed by atoms with Crippen LogP contribution in [0.15, 0.2) is 49.1 Å². The second-order valence-electron chi connectivity index (χ2n) is 6.71. The molecule has 0 spiro atoms. The van der Waals surface area contributed by atoms with Crippen molar-refractivity contribution in [2.75, 3.05) is 44.7 Å². The predicted octanol–water partition coefficient (Wildman–Crippen LogP) is 1.64. The van der Waals surface area contributed by atoms with Gasteiger partial charge in [-0.3, -0.25) is 14.5 Å². The largest absolute Gasteiger partial charge is 0.379 e. The highest BCUT2D eigenvalue weighted by Crippen LogP contribution is 2.19. The maximum atomic E-state index is 12.5. The third kappa shape index (κ3) is 5.09. The molecule has 30 heavy (non-hydrogen) atoms. The zero-order valence-electron chi connectivity index (χ0n) is 16.3. The number of amides is 2. The number of benzene rings is 1. The summed E-state index contributed by atoms with van der Waals surface area (Å²) >= 11 is 1.18. The molecule has 3 aromatic rings. The van der Waals surface area contributed by atoms with Crippen molar-refractivity contribution in [2.45, 2.75) is 0 Å². The van der Waals surface area contributed by atoms with Gasteiger partial charge >= 0.3 is 0 Å². The van der Waals surface area contributed by atoms with Gasteiger partial charge in [-0.15, -0.1) is 11.3 Å². The van der Waals surface area contributed by atoms with Gasteiger partial charge in [0.2, 0.25) is 0 Å². The summed E-state index contributed by atoms with van der Waals surface area (Å²) in [5.41, 5.74) is 1.51. The minimum Gasteiger partial charge on any atom is -0.379 e. The van der Waals surface area contributed by atoms with Crippen LogP contribution in [-0.2, 0) is 4.74 Å². The van der Waals surface area contributed by atoms with Crippen LogP contribution in [0.2, 0.25) is 0 Å². The van der Waals surface area contributed by atoms with E-state index >= 15 is 0 Å². The molecule has 1 aromatic carbocycles. The third-order valence-electron chi connectivity index (χ3n) is 4.68. The number of hydrogen-bond acceptors (Lipinski definition) is 7. The molecule has 0 bridgehead atoms.